The molecule has 0 aliphatic heterocycles. The molecule has 2 unspecified atom stereocenters. The summed E-state index contributed by atoms with van der Waals surface area (Å²) in [7, 11) is 0. The third-order valence-electron chi connectivity index (χ3n) is 3.02. The van der Waals surface area contributed by atoms with Crippen molar-refractivity contribution in [3.63, 3.8) is 0 Å². The maximum Gasteiger partial charge on any atom is 0.357 e. The van der Waals surface area contributed by atoms with E-state index in [0.717, 1.165) is 31.9 Å². The van der Waals surface area contributed by atoms with Crippen LogP contribution < -0.4 is 5.32 Å². The molecular weight excluding hydrogens is 224 g/mol. The van der Waals surface area contributed by atoms with Crippen LogP contribution in [0, 0.1) is 5.92 Å². The second kappa shape index (κ2) is 5.18. The second-order valence-electron chi connectivity index (χ2n) is 4.41. The third-order valence-corrected chi connectivity index (χ3v) is 3.02. The number of carbonyl (C=O) groups is 1. The van der Waals surface area contributed by atoms with E-state index in [2.05, 4.69) is 10.3 Å². The monoisotopic (exact) mass is 240 g/mol. The number of aromatic nitrogens is 1. The van der Waals surface area contributed by atoms with Gasteiger partial charge in [0.05, 0.1) is 6.10 Å². The number of aliphatic hydroxyl groups is 1. The Hall–Kier alpha value is -1.56. The van der Waals surface area contributed by atoms with Gasteiger partial charge < -0.3 is 19.9 Å². The van der Waals surface area contributed by atoms with Gasteiger partial charge in [0.25, 0.3) is 6.01 Å². The van der Waals surface area contributed by atoms with Crippen molar-refractivity contribution < 1.29 is 19.4 Å². The first-order valence-electron chi connectivity index (χ1n) is 5.76. The summed E-state index contributed by atoms with van der Waals surface area (Å²) in [4.78, 5) is 14.4. The molecule has 3 N–H and O–H groups in total. The Morgan fingerprint density at radius 3 is 3.06 bits per heavy atom. The minimum Gasteiger partial charge on any atom is -0.476 e. The van der Waals surface area contributed by atoms with Crippen LogP contribution in [0.1, 0.15) is 36.2 Å². The normalized spacial score (nSPS) is 24.5. The van der Waals surface area contributed by atoms with E-state index < -0.39 is 5.97 Å². The predicted octanol–water partition coefficient (Wildman–Crippen LogP) is 1.34. The van der Waals surface area contributed by atoms with Crippen LogP contribution in [0.4, 0.5) is 6.01 Å². The molecule has 1 fully saturated rings. The van der Waals surface area contributed by atoms with E-state index in [1.807, 2.05) is 0 Å². The maximum atomic E-state index is 10.6. The fourth-order valence-electron chi connectivity index (χ4n) is 2.13. The number of rotatable bonds is 4. The molecule has 0 aromatic carbocycles. The molecule has 94 valence electrons. The molecule has 1 aromatic rings. The van der Waals surface area contributed by atoms with Gasteiger partial charge in [-0.05, 0) is 25.2 Å². The lowest BCUT2D eigenvalue weighted by molar-refractivity contribution is 0.0690. The van der Waals surface area contributed by atoms with E-state index >= 15 is 0 Å². The van der Waals surface area contributed by atoms with Crippen molar-refractivity contribution in [2.24, 2.45) is 5.92 Å². The first-order chi connectivity index (χ1) is 8.15. The smallest absolute Gasteiger partial charge is 0.357 e. The van der Waals surface area contributed by atoms with Crippen LogP contribution in [0.15, 0.2) is 10.7 Å². The Morgan fingerprint density at radius 2 is 2.41 bits per heavy atom. The van der Waals surface area contributed by atoms with E-state index in [-0.39, 0.29) is 17.8 Å². The molecule has 1 aliphatic carbocycles. The van der Waals surface area contributed by atoms with Crippen molar-refractivity contribution in [3.8, 4) is 0 Å². The first-order valence-corrected chi connectivity index (χ1v) is 5.76. The molecule has 2 rings (SSSR count). The Balaban J connectivity index is 1.82. The number of carboxylic acids is 1. The van der Waals surface area contributed by atoms with E-state index in [9.17, 15) is 9.90 Å². The van der Waals surface area contributed by atoms with Crippen LogP contribution in [-0.2, 0) is 0 Å². The van der Waals surface area contributed by atoms with Crippen LogP contribution in [-0.4, -0.2) is 33.8 Å². The Morgan fingerprint density at radius 1 is 1.59 bits per heavy atom. The number of oxazole rings is 1. The van der Waals surface area contributed by atoms with Crippen LogP contribution in [0.3, 0.4) is 0 Å². The average Bonchev–Trinajstić information content (AvgIpc) is 2.75. The summed E-state index contributed by atoms with van der Waals surface area (Å²) in [5.41, 5.74) is -0.101. The van der Waals surface area contributed by atoms with E-state index in [4.69, 9.17) is 9.52 Å². The molecule has 0 saturated heterocycles. The standard InChI is InChI=1S/C11H16N2O4/c14-8-3-1-2-7(4-8)5-12-11-13-9(6-17-11)10(15)16/h6-8,14H,1-5H2,(H,12,13)(H,15,16). The number of aromatic carboxylic acids is 1. The number of aliphatic hydroxyl groups excluding tert-OH is 1. The predicted molar refractivity (Wildman–Crippen MR) is 59.9 cm³/mol. The number of nitrogens with zero attached hydrogens (tertiary/aromatic N) is 1. The van der Waals surface area contributed by atoms with Gasteiger partial charge >= 0.3 is 5.97 Å². The minimum absolute atomic E-state index is 0.101. The summed E-state index contributed by atoms with van der Waals surface area (Å²) in [5, 5.41) is 21.1. The van der Waals surface area contributed by atoms with Crippen LogP contribution >= 0.6 is 0 Å². The Bertz CT molecular complexity index is 391. The average molecular weight is 240 g/mol. The van der Waals surface area contributed by atoms with Crippen molar-refractivity contribution in [2.45, 2.75) is 31.8 Å². The molecule has 1 aliphatic rings. The van der Waals surface area contributed by atoms with Gasteiger partial charge in [-0.25, -0.2) is 4.79 Å². The van der Waals surface area contributed by atoms with Crippen LogP contribution in [0.5, 0.6) is 0 Å². The van der Waals surface area contributed by atoms with Crippen molar-refractivity contribution in [1.82, 2.24) is 4.98 Å². The molecule has 17 heavy (non-hydrogen) atoms. The molecule has 2 atom stereocenters. The number of anilines is 1. The number of carboxylic acid groups (broad SMARTS) is 1. The molecule has 6 heteroatoms. The van der Waals surface area contributed by atoms with Gasteiger partial charge in [0.1, 0.15) is 6.26 Å². The lowest BCUT2D eigenvalue weighted by Gasteiger charge is -2.25. The Labute approximate surface area is 98.7 Å². The minimum atomic E-state index is -1.10. The quantitative estimate of drug-likeness (QED) is 0.735. The fourth-order valence-corrected chi connectivity index (χ4v) is 2.13. The molecule has 0 spiro atoms. The summed E-state index contributed by atoms with van der Waals surface area (Å²) in [6.45, 7) is 0.649. The summed E-state index contributed by atoms with van der Waals surface area (Å²) in [5.74, 6) is -0.714. The molecule has 1 saturated carbocycles. The van der Waals surface area contributed by atoms with Crippen molar-refractivity contribution in [1.29, 1.82) is 0 Å². The number of nitrogens with one attached hydrogen (secondary N) is 1. The SMILES string of the molecule is O=C(O)c1coc(NCC2CCCC(O)C2)n1. The highest BCUT2D eigenvalue weighted by Crippen LogP contribution is 2.24. The molecule has 1 aromatic heterocycles. The van der Waals surface area contributed by atoms with Crippen molar-refractivity contribution in [2.75, 3.05) is 11.9 Å². The summed E-state index contributed by atoms with van der Waals surface area (Å²) < 4.78 is 4.98. The highest BCUT2D eigenvalue weighted by Gasteiger charge is 2.20. The van der Waals surface area contributed by atoms with Gasteiger partial charge in [-0.3, -0.25) is 0 Å². The first kappa shape index (κ1) is 11.9. The van der Waals surface area contributed by atoms with Crippen molar-refractivity contribution >= 4 is 12.0 Å². The van der Waals surface area contributed by atoms with Gasteiger partial charge in [-0.15, -0.1) is 0 Å². The topological polar surface area (TPSA) is 95.6 Å². The van der Waals surface area contributed by atoms with Gasteiger partial charge in [0.15, 0.2) is 5.69 Å². The largest absolute Gasteiger partial charge is 0.476 e. The molecule has 0 bridgehead atoms. The summed E-state index contributed by atoms with van der Waals surface area (Å²) in [6.07, 6.45) is 4.64. The lowest BCUT2D eigenvalue weighted by atomic mass is 9.87. The highest BCUT2D eigenvalue weighted by molar-refractivity contribution is 5.85. The van der Waals surface area contributed by atoms with Gasteiger partial charge in [0, 0.05) is 6.54 Å². The summed E-state index contributed by atoms with van der Waals surface area (Å²) >= 11 is 0. The summed E-state index contributed by atoms with van der Waals surface area (Å²) in [6, 6.07) is 0.225. The second-order valence-corrected chi connectivity index (χ2v) is 4.41. The zero-order chi connectivity index (χ0) is 12.3. The van der Waals surface area contributed by atoms with Crippen LogP contribution in [0.25, 0.3) is 0 Å². The van der Waals surface area contributed by atoms with E-state index in [0.29, 0.717) is 12.5 Å². The molecule has 1 heterocycles. The third kappa shape index (κ3) is 3.20. The Kier molecular flexibility index (Phi) is 3.63. The zero-order valence-electron chi connectivity index (χ0n) is 9.43. The number of hydrogen-bond acceptors (Lipinski definition) is 5. The molecule has 0 radical (unpaired) electrons. The maximum absolute atomic E-state index is 10.6. The number of hydrogen-bond donors (Lipinski definition) is 3. The van der Waals surface area contributed by atoms with Gasteiger partial charge in [-0.1, -0.05) is 6.42 Å². The molecule has 6 nitrogen and oxygen atoms in total. The molecular formula is C11H16N2O4. The molecule has 0 amide bonds. The van der Waals surface area contributed by atoms with Gasteiger partial charge in [-0.2, -0.15) is 4.98 Å². The van der Waals surface area contributed by atoms with E-state index in [1.165, 1.54) is 0 Å². The van der Waals surface area contributed by atoms with E-state index in [1.54, 1.807) is 0 Å². The zero-order valence-corrected chi connectivity index (χ0v) is 9.43. The fraction of sp³-hybridized carbons (Fsp3) is 0.636. The van der Waals surface area contributed by atoms with Gasteiger partial charge in [0.2, 0.25) is 0 Å². The highest BCUT2D eigenvalue weighted by atomic mass is 16.4. The van der Waals surface area contributed by atoms with Crippen molar-refractivity contribution in [3.05, 3.63) is 12.0 Å². The van der Waals surface area contributed by atoms with Crippen LogP contribution in [0.2, 0.25) is 0 Å². The lowest BCUT2D eigenvalue weighted by Crippen LogP contribution is -2.25.